The molecule has 6 heteroatoms. The molecule has 0 saturated heterocycles. The van der Waals surface area contributed by atoms with Crippen molar-refractivity contribution in [1.29, 1.82) is 0 Å². The number of anilines is 1. The van der Waals surface area contributed by atoms with Crippen molar-refractivity contribution in [3.8, 4) is 0 Å². The van der Waals surface area contributed by atoms with E-state index in [1.165, 1.54) is 6.07 Å². The van der Waals surface area contributed by atoms with Crippen molar-refractivity contribution in [3.05, 3.63) is 64.4 Å². The van der Waals surface area contributed by atoms with Gasteiger partial charge in [0.05, 0.1) is 24.9 Å². The molecule has 1 atom stereocenters. The summed E-state index contributed by atoms with van der Waals surface area (Å²) >= 11 is 6.13. The van der Waals surface area contributed by atoms with Crippen LogP contribution < -0.4 is 10.2 Å². The monoisotopic (exact) mass is 348 g/mol. The number of nitrogens with zero attached hydrogens (tertiary/aromatic N) is 1. The highest BCUT2D eigenvalue weighted by Crippen LogP contribution is 2.37. The summed E-state index contributed by atoms with van der Waals surface area (Å²) < 4.78 is 19.6. The fraction of sp³-hybridized carbons (Fsp3) is 0.278. The second-order valence-corrected chi connectivity index (χ2v) is 5.89. The molecule has 24 heavy (non-hydrogen) atoms. The first kappa shape index (κ1) is 16.7. The zero-order valence-corrected chi connectivity index (χ0v) is 14.0. The topological polar surface area (TPSA) is 41.6 Å². The minimum atomic E-state index is -0.573. The zero-order valence-electron chi connectivity index (χ0n) is 13.3. The second kappa shape index (κ2) is 7.20. The Bertz CT molecular complexity index is 754. The van der Waals surface area contributed by atoms with Crippen LogP contribution in [-0.4, -0.2) is 25.8 Å². The van der Waals surface area contributed by atoms with Gasteiger partial charge in [0.25, 0.3) is 0 Å². The summed E-state index contributed by atoms with van der Waals surface area (Å²) in [6, 6.07) is 10.8. The molecule has 2 amide bonds. The predicted octanol–water partition coefficient (Wildman–Crippen LogP) is 4.13. The second-order valence-electron chi connectivity index (χ2n) is 5.46. The van der Waals surface area contributed by atoms with Gasteiger partial charge in [-0.15, -0.1) is 0 Å². The molecular formula is C18H18ClFN2O2. The summed E-state index contributed by atoms with van der Waals surface area (Å²) in [6.07, 6.45) is 0. The molecule has 1 aliphatic rings. The number of benzene rings is 2. The van der Waals surface area contributed by atoms with Gasteiger partial charge in [0.15, 0.2) is 0 Å². The average molecular weight is 349 g/mol. The Hall–Kier alpha value is -2.11. The van der Waals surface area contributed by atoms with E-state index < -0.39 is 6.04 Å². The molecule has 0 radical (unpaired) electrons. The highest BCUT2D eigenvalue weighted by atomic mass is 35.5. The minimum absolute atomic E-state index is 0.280. The Morgan fingerprint density at radius 1 is 1.25 bits per heavy atom. The van der Waals surface area contributed by atoms with Gasteiger partial charge >= 0.3 is 6.03 Å². The molecule has 4 nitrogen and oxygen atoms in total. The van der Waals surface area contributed by atoms with Crippen LogP contribution in [0.2, 0.25) is 5.02 Å². The number of hydrogen-bond donors (Lipinski definition) is 1. The SMILES string of the molecule is CCOCCN1C(=O)NC(c2ccccc2F)c2cc(Cl)ccc21. The Morgan fingerprint density at radius 2 is 2.04 bits per heavy atom. The average Bonchev–Trinajstić information content (AvgIpc) is 2.57. The van der Waals surface area contributed by atoms with E-state index in [-0.39, 0.29) is 11.8 Å². The van der Waals surface area contributed by atoms with Crippen LogP contribution in [0.4, 0.5) is 14.9 Å². The van der Waals surface area contributed by atoms with E-state index >= 15 is 0 Å². The number of rotatable bonds is 5. The summed E-state index contributed by atoms with van der Waals surface area (Å²) in [6.45, 7) is 3.33. The van der Waals surface area contributed by atoms with Crippen LogP contribution >= 0.6 is 11.6 Å². The quantitative estimate of drug-likeness (QED) is 0.825. The number of ether oxygens (including phenoxy) is 1. The molecule has 1 unspecified atom stereocenters. The molecule has 0 spiro atoms. The first-order valence-corrected chi connectivity index (χ1v) is 8.19. The normalized spacial score (nSPS) is 16.7. The van der Waals surface area contributed by atoms with Crippen molar-refractivity contribution in [2.75, 3.05) is 24.7 Å². The van der Waals surface area contributed by atoms with E-state index in [1.54, 1.807) is 41.3 Å². The Kier molecular flexibility index (Phi) is 5.02. The van der Waals surface area contributed by atoms with Gasteiger partial charge in [-0.25, -0.2) is 9.18 Å². The van der Waals surface area contributed by atoms with E-state index in [4.69, 9.17) is 16.3 Å². The number of halogens is 2. The van der Waals surface area contributed by atoms with Gasteiger partial charge in [0, 0.05) is 22.8 Å². The van der Waals surface area contributed by atoms with Crippen molar-refractivity contribution < 1.29 is 13.9 Å². The van der Waals surface area contributed by atoms with E-state index in [9.17, 15) is 9.18 Å². The smallest absolute Gasteiger partial charge is 0.322 e. The van der Waals surface area contributed by atoms with Crippen LogP contribution in [0.25, 0.3) is 0 Å². The standard InChI is InChI=1S/C18H18ClFN2O2/c1-2-24-10-9-22-16-8-7-12(19)11-14(16)17(21-18(22)23)13-5-3-4-6-15(13)20/h3-8,11,17H,2,9-10H2,1H3,(H,21,23). The zero-order chi connectivity index (χ0) is 17.1. The predicted molar refractivity (Wildman–Crippen MR) is 92.1 cm³/mol. The molecule has 2 aromatic rings. The molecule has 0 aliphatic carbocycles. The Morgan fingerprint density at radius 3 is 2.79 bits per heavy atom. The van der Waals surface area contributed by atoms with Gasteiger partial charge in [-0.3, -0.25) is 4.90 Å². The fourth-order valence-corrected chi connectivity index (χ4v) is 3.05. The lowest BCUT2D eigenvalue weighted by atomic mass is 9.94. The fourth-order valence-electron chi connectivity index (χ4n) is 2.87. The van der Waals surface area contributed by atoms with Gasteiger partial charge in [0.1, 0.15) is 5.82 Å². The van der Waals surface area contributed by atoms with E-state index in [0.717, 1.165) is 11.3 Å². The van der Waals surface area contributed by atoms with Gasteiger partial charge in [-0.2, -0.15) is 0 Å². The highest BCUT2D eigenvalue weighted by molar-refractivity contribution is 6.30. The summed E-state index contributed by atoms with van der Waals surface area (Å²) in [5, 5.41) is 3.40. The number of carbonyl (C=O) groups excluding carboxylic acids is 1. The molecule has 0 bridgehead atoms. The van der Waals surface area contributed by atoms with Crippen LogP contribution in [0.1, 0.15) is 24.1 Å². The van der Waals surface area contributed by atoms with Crippen molar-refractivity contribution in [2.24, 2.45) is 0 Å². The van der Waals surface area contributed by atoms with Crippen molar-refractivity contribution >= 4 is 23.3 Å². The molecular weight excluding hydrogens is 331 g/mol. The van der Waals surface area contributed by atoms with Gasteiger partial charge in [-0.05, 0) is 31.2 Å². The van der Waals surface area contributed by atoms with Crippen LogP contribution in [0, 0.1) is 5.82 Å². The maximum atomic E-state index is 14.2. The maximum absolute atomic E-state index is 14.2. The van der Waals surface area contributed by atoms with Crippen molar-refractivity contribution in [2.45, 2.75) is 13.0 Å². The first-order valence-electron chi connectivity index (χ1n) is 7.81. The van der Waals surface area contributed by atoms with Crippen LogP contribution in [0.3, 0.4) is 0 Å². The van der Waals surface area contributed by atoms with Crippen molar-refractivity contribution in [1.82, 2.24) is 5.32 Å². The number of amides is 2. The van der Waals surface area contributed by atoms with E-state index in [1.807, 2.05) is 6.92 Å². The van der Waals surface area contributed by atoms with Gasteiger partial charge < -0.3 is 10.1 Å². The summed E-state index contributed by atoms with van der Waals surface area (Å²) in [4.78, 5) is 14.1. The Labute approximate surface area is 145 Å². The maximum Gasteiger partial charge on any atom is 0.322 e. The van der Waals surface area contributed by atoms with E-state index in [2.05, 4.69) is 5.32 Å². The molecule has 3 rings (SSSR count). The lowest BCUT2D eigenvalue weighted by Gasteiger charge is -2.35. The minimum Gasteiger partial charge on any atom is -0.380 e. The van der Waals surface area contributed by atoms with Gasteiger partial charge in [0.2, 0.25) is 0 Å². The summed E-state index contributed by atoms with van der Waals surface area (Å²) in [7, 11) is 0. The molecule has 0 saturated carbocycles. The lowest BCUT2D eigenvalue weighted by molar-refractivity contribution is 0.153. The van der Waals surface area contributed by atoms with Crippen molar-refractivity contribution in [3.63, 3.8) is 0 Å². The van der Waals surface area contributed by atoms with Crippen LogP contribution in [0.15, 0.2) is 42.5 Å². The first-order chi connectivity index (χ1) is 11.6. The number of fused-ring (bicyclic) bond motifs is 1. The molecule has 0 fully saturated rings. The number of urea groups is 1. The van der Waals surface area contributed by atoms with Crippen LogP contribution in [-0.2, 0) is 4.74 Å². The van der Waals surface area contributed by atoms with Gasteiger partial charge in [-0.1, -0.05) is 29.8 Å². The highest BCUT2D eigenvalue weighted by Gasteiger charge is 2.32. The number of nitrogens with one attached hydrogen (secondary N) is 1. The molecule has 126 valence electrons. The third-order valence-electron chi connectivity index (χ3n) is 3.98. The Balaban J connectivity index is 2.02. The summed E-state index contributed by atoms with van der Waals surface area (Å²) in [5.74, 6) is -0.364. The molecule has 2 aromatic carbocycles. The molecule has 1 heterocycles. The molecule has 0 aromatic heterocycles. The lowest BCUT2D eigenvalue weighted by Crippen LogP contribution is -2.48. The molecule has 1 N–H and O–H groups in total. The van der Waals surface area contributed by atoms with E-state index in [0.29, 0.717) is 30.3 Å². The van der Waals surface area contributed by atoms with Crippen LogP contribution in [0.5, 0.6) is 0 Å². The molecule has 1 aliphatic heterocycles. The number of hydrogen-bond acceptors (Lipinski definition) is 2. The summed E-state index contributed by atoms with van der Waals surface area (Å²) in [5.41, 5.74) is 1.90. The third kappa shape index (κ3) is 3.23. The number of carbonyl (C=O) groups is 1. The third-order valence-corrected chi connectivity index (χ3v) is 4.22. The largest absolute Gasteiger partial charge is 0.380 e.